The van der Waals surface area contributed by atoms with Gasteiger partial charge in [0.15, 0.2) is 11.6 Å². The van der Waals surface area contributed by atoms with Gasteiger partial charge in [-0.2, -0.15) is 0 Å². The lowest BCUT2D eigenvalue weighted by Gasteiger charge is -2.10. The SMILES string of the molecule is CC(Cl)c1nc2ccc(F)c(F)c2n1CCS(C)=O. The van der Waals surface area contributed by atoms with Crippen LogP contribution in [0.4, 0.5) is 8.78 Å². The van der Waals surface area contributed by atoms with Crippen molar-refractivity contribution in [3.63, 3.8) is 0 Å². The highest BCUT2D eigenvalue weighted by Crippen LogP contribution is 2.27. The average molecular weight is 307 g/mol. The van der Waals surface area contributed by atoms with Crippen molar-refractivity contribution < 1.29 is 13.0 Å². The Morgan fingerprint density at radius 3 is 2.74 bits per heavy atom. The first-order chi connectivity index (χ1) is 8.91. The fourth-order valence-corrected chi connectivity index (χ4v) is 2.53. The minimum absolute atomic E-state index is 0.0768. The third-order valence-corrected chi connectivity index (χ3v) is 3.74. The van der Waals surface area contributed by atoms with Crippen LogP contribution in [0.1, 0.15) is 18.1 Å². The second-order valence-electron chi connectivity index (χ2n) is 4.24. The summed E-state index contributed by atoms with van der Waals surface area (Å²) in [6.45, 7) is 1.99. The maximum atomic E-state index is 13.9. The van der Waals surface area contributed by atoms with Crippen LogP contribution in [0.3, 0.4) is 0 Å². The molecule has 2 atom stereocenters. The molecule has 1 aromatic carbocycles. The molecule has 0 aliphatic carbocycles. The first-order valence-electron chi connectivity index (χ1n) is 5.70. The summed E-state index contributed by atoms with van der Waals surface area (Å²) in [6.07, 6.45) is 1.56. The number of benzene rings is 1. The van der Waals surface area contributed by atoms with Crippen molar-refractivity contribution in [3.8, 4) is 0 Å². The van der Waals surface area contributed by atoms with E-state index in [-0.39, 0.29) is 12.1 Å². The molecular weight excluding hydrogens is 294 g/mol. The van der Waals surface area contributed by atoms with Gasteiger partial charge in [0, 0.05) is 29.4 Å². The molecule has 0 saturated carbocycles. The number of aryl methyl sites for hydroxylation is 1. The Balaban J connectivity index is 2.64. The predicted octanol–water partition coefficient (Wildman–Crippen LogP) is 2.99. The second kappa shape index (κ2) is 5.54. The number of fused-ring (bicyclic) bond motifs is 1. The summed E-state index contributed by atoms with van der Waals surface area (Å²) in [7, 11) is -1.03. The van der Waals surface area contributed by atoms with Gasteiger partial charge in [0.05, 0.1) is 10.9 Å². The number of alkyl halides is 1. The second-order valence-corrected chi connectivity index (χ2v) is 6.45. The maximum Gasteiger partial charge on any atom is 0.184 e. The van der Waals surface area contributed by atoms with Crippen LogP contribution in [0.15, 0.2) is 12.1 Å². The Morgan fingerprint density at radius 1 is 1.47 bits per heavy atom. The van der Waals surface area contributed by atoms with Crippen LogP contribution in [0, 0.1) is 11.6 Å². The minimum Gasteiger partial charge on any atom is -0.323 e. The smallest absolute Gasteiger partial charge is 0.184 e. The number of imidazole rings is 1. The summed E-state index contributed by atoms with van der Waals surface area (Å²) in [4.78, 5) is 4.22. The number of hydrogen-bond donors (Lipinski definition) is 0. The highest BCUT2D eigenvalue weighted by atomic mass is 35.5. The monoisotopic (exact) mass is 306 g/mol. The third kappa shape index (κ3) is 2.79. The number of aromatic nitrogens is 2. The van der Waals surface area contributed by atoms with E-state index >= 15 is 0 Å². The van der Waals surface area contributed by atoms with Crippen molar-refractivity contribution in [1.82, 2.24) is 9.55 Å². The molecule has 7 heteroatoms. The molecule has 104 valence electrons. The van der Waals surface area contributed by atoms with Crippen LogP contribution in [-0.4, -0.2) is 25.8 Å². The summed E-state index contributed by atoms with van der Waals surface area (Å²) in [5.74, 6) is -1.10. The number of rotatable bonds is 4. The van der Waals surface area contributed by atoms with Gasteiger partial charge in [0.2, 0.25) is 0 Å². The van der Waals surface area contributed by atoms with Gasteiger partial charge in [-0.25, -0.2) is 13.8 Å². The predicted molar refractivity (Wildman–Crippen MR) is 72.9 cm³/mol. The molecule has 0 aliphatic heterocycles. The zero-order valence-corrected chi connectivity index (χ0v) is 12.1. The average Bonchev–Trinajstić information content (AvgIpc) is 2.71. The zero-order chi connectivity index (χ0) is 14.2. The molecule has 2 aromatic rings. The molecule has 0 aliphatic rings. The molecule has 0 N–H and O–H groups in total. The van der Waals surface area contributed by atoms with Crippen LogP contribution in [-0.2, 0) is 17.3 Å². The summed E-state index contributed by atoms with van der Waals surface area (Å²) in [5.41, 5.74) is 0.427. The Labute approximate surface area is 117 Å². The fourth-order valence-electron chi connectivity index (χ4n) is 1.92. The molecule has 0 bridgehead atoms. The molecule has 0 fully saturated rings. The van der Waals surface area contributed by atoms with E-state index in [0.717, 1.165) is 6.07 Å². The van der Waals surface area contributed by atoms with Gasteiger partial charge in [0.25, 0.3) is 0 Å². The molecule has 1 heterocycles. The zero-order valence-electron chi connectivity index (χ0n) is 10.5. The van der Waals surface area contributed by atoms with Crippen molar-refractivity contribution in [2.24, 2.45) is 0 Å². The topological polar surface area (TPSA) is 34.9 Å². The van der Waals surface area contributed by atoms with Gasteiger partial charge in [-0.15, -0.1) is 11.6 Å². The summed E-state index contributed by atoms with van der Waals surface area (Å²) >= 11 is 6.01. The van der Waals surface area contributed by atoms with Crippen LogP contribution in [0.25, 0.3) is 11.0 Å². The van der Waals surface area contributed by atoms with Gasteiger partial charge in [0.1, 0.15) is 11.3 Å². The quantitative estimate of drug-likeness (QED) is 0.814. The first-order valence-corrected chi connectivity index (χ1v) is 7.86. The van der Waals surface area contributed by atoms with Gasteiger partial charge < -0.3 is 4.57 Å². The fraction of sp³-hybridized carbons (Fsp3) is 0.417. The van der Waals surface area contributed by atoms with E-state index in [0.29, 0.717) is 17.1 Å². The van der Waals surface area contributed by atoms with Gasteiger partial charge in [-0.1, -0.05) is 0 Å². The Kier molecular flexibility index (Phi) is 4.20. The molecular formula is C12H13ClF2N2OS. The van der Waals surface area contributed by atoms with Crippen molar-refractivity contribution in [3.05, 3.63) is 29.6 Å². The Morgan fingerprint density at radius 2 is 2.16 bits per heavy atom. The summed E-state index contributed by atoms with van der Waals surface area (Å²) < 4.78 is 39.9. The first kappa shape index (κ1) is 14.4. The van der Waals surface area contributed by atoms with E-state index in [1.54, 1.807) is 13.2 Å². The van der Waals surface area contributed by atoms with Crippen molar-refractivity contribution in [2.75, 3.05) is 12.0 Å². The largest absolute Gasteiger partial charge is 0.323 e. The van der Waals surface area contributed by atoms with E-state index < -0.39 is 27.8 Å². The third-order valence-electron chi connectivity index (χ3n) is 2.79. The summed E-state index contributed by atoms with van der Waals surface area (Å²) in [5, 5.41) is -0.444. The molecule has 2 unspecified atom stereocenters. The highest BCUT2D eigenvalue weighted by Gasteiger charge is 2.19. The standard InChI is InChI=1S/C12H13ClF2N2OS/c1-7(13)12-16-9-4-3-8(14)10(15)11(9)17(12)5-6-19(2)18/h3-4,7H,5-6H2,1-2H3. The van der Waals surface area contributed by atoms with Crippen LogP contribution in [0.2, 0.25) is 0 Å². The van der Waals surface area contributed by atoms with Crippen LogP contribution in [0.5, 0.6) is 0 Å². The minimum atomic E-state index is -1.03. The molecule has 1 aromatic heterocycles. The molecule has 2 rings (SSSR count). The van der Waals surface area contributed by atoms with Gasteiger partial charge in [-0.05, 0) is 19.1 Å². The maximum absolute atomic E-state index is 13.9. The number of halogens is 3. The normalized spacial score (nSPS) is 14.8. The Hall–Kier alpha value is -1.01. The molecule has 0 amide bonds. The molecule has 0 radical (unpaired) electrons. The van der Waals surface area contributed by atoms with E-state index in [9.17, 15) is 13.0 Å². The van der Waals surface area contributed by atoms with Crippen LogP contribution < -0.4 is 0 Å². The molecule has 19 heavy (non-hydrogen) atoms. The summed E-state index contributed by atoms with van der Waals surface area (Å²) in [6, 6.07) is 2.45. The van der Waals surface area contributed by atoms with Crippen molar-refractivity contribution >= 4 is 33.4 Å². The van der Waals surface area contributed by atoms with Gasteiger partial charge >= 0.3 is 0 Å². The number of nitrogens with zero attached hydrogens (tertiary/aromatic N) is 2. The molecule has 3 nitrogen and oxygen atoms in total. The lowest BCUT2D eigenvalue weighted by Crippen LogP contribution is -2.11. The highest BCUT2D eigenvalue weighted by molar-refractivity contribution is 7.84. The van der Waals surface area contributed by atoms with Crippen molar-refractivity contribution in [2.45, 2.75) is 18.8 Å². The van der Waals surface area contributed by atoms with Gasteiger partial charge in [-0.3, -0.25) is 4.21 Å². The molecule has 0 spiro atoms. The Bertz CT molecular complexity index is 642. The number of hydrogen-bond acceptors (Lipinski definition) is 2. The van der Waals surface area contributed by atoms with E-state index in [2.05, 4.69) is 4.98 Å². The van der Waals surface area contributed by atoms with Crippen molar-refractivity contribution in [1.29, 1.82) is 0 Å². The van der Waals surface area contributed by atoms with Crippen LogP contribution >= 0.6 is 11.6 Å². The lowest BCUT2D eigenvalue weighted by molar-refractivity contribution is 0.511. The lowest BCUT2D eigenvalue weighted by atomic mass is 10.3. The molecule has 0 saturated heterocycles. The van der Waals surface area contributed by atoms with E-state index in [1.165, 1.54) is 10.6 Å². The van der Waals surface area contributed by atoms with E-state index in [1.807, 2.05) is 0 Å². The van der Waals surface area contributed by atoms with E-state index in [4.69, 9.17) is 11.6 Å².